The number of likely N-dealkylation sites (tertiary alicyclic amines) is 1. The van der Waals surface area contributed by atoms with Gasteiger partial charge in [-0.2, -0.15) is 0 Å². The molecule has 2 heterocycles. The molecular formula is C34H39N3O4. The van der Waals surface area contributed by atoms with E-state index in [0.717, 1.165) is 62.0 Å². The second-order valence-corrected chi connectivity index (χ2v) is 10.6. The fraction of sp³-hybridized carbons (Fsp3) is 0.353. The van der Waals surface area contributed by atoms with Gasteiger partial charge in [-0.25, -0.2) is 0 Å². The lowest BCUT2D eigenvalue weighted by Gasteiger charge is -2.36. The number of para-hydroxylation sites is 2. The third-order valence-corrected chi connectivity index (χ3v) is 7.75. The number of benzene rings is 3. The van der Waals surface area contributed by atoms with Gasteiger partial charge in [0, 0.05) is 43.7 Å². The van der Waals surface area contributed by atoms with Gasteiger partial charge in [-0.05, 0) is 67.8 Å². The number of rotatable bonds is 11. The number of hydrogen-bond donors (Lipinski definition) is 0. The van der Waals surface area contributed by atoms with E-state index in [-0.39, 0.29) is 11.9 Å². The summed E-state index contributed by atoms with van der Waals surface area (Å²) in [6.45, 7) is 2.89. The number of nitrogens with zero attached hydrogens (tertiary/aromatic N) is 3. The van der Waals surface area contributed by atoms with Crippen molar-refractivity contribution < 1.29 is 19.0 Å². The Balaban J connectivity index is 1.18. The average Bonchev–Trinajstić information content (AvgIpc) is 3.01. The molecule has 7 nitrogen and oxygen atoms in total. The smallest absolute Gasteiger partial charge is 0.258 e. The summed E-state index contributed by atoms with van der Waals surface area (Å²) >= 11 is 0. The summed E-state index contributed by atoms with van der Waals surface area (Å²) in [5.41, 5.74) is 4.00. The highest BCUT2D eigenvalue weighted by Gasteiger charge is 2.30. The molecule has 5 rings (SSSR count). The standard InChI is InChI=1S/C34H39N3O4/c1-36(24-27-12-7-11-26-13-9-19-35-32(26)27)23-25-10-6-15-29(22-25)41-21-18-28-14-4-5-20-37(28)34(38)30-16-8-17-31(39-2)33(30)40-3/h6-13,15-17,19,22,28H,4-5,14,18,20-21,23-24H2,1-3H3. The van der Waals surface area contributed by atoms with Gasteiger partial charge in [0.25, 0.3) is 5.91 Å². The number of methoxy groups -OCH3 is 2. The molecule has 41 heavy (non-hydrogen) atoms. The van der Waals surface area contributed by atoms with Crippen LogP contribution in [-0.2, 0) is 13.1 Å². The number of piperidine rings is 1. The lowest BCUT2D eigenvalue weighted by molar-refractivity contribution is 0.0576. The monoisotopic (exact) mass is 553 g/mol. The lowest BCUT2D eigenvalue weighted by Crippen LogP contribution is -2.44. The van der Waals surface area contributed by atoms with Crippen molar-refractivity contribution >= 4 is 16.8 Å². The second kappa shape index (κ2) is 13.5. The van der Waals surface area contributed by atoms with Gasteiger partial charge >= 0.3 is 0 Å². The Morgan fingerprint density at radius 3 is 2.66 bits per heavy atom. The van der Waals surface area contributed by atoms with Crippen LogP contribution in [0.4, 0.5) is 0 Å². The summed E-state index contributed by atoms with van der Waals surface area (Å²) in [5.74, 6) is 1.89. The summed E-state index contributed by atoms with van der Waals surface area (Å²) in [6, 6.07) is 24.3. The van der Waals surface area contributed by atoms with Gasteiger partial charge in [0.05, 0.1) is 31.9 Å². The van der Waals surface area contributed by atoms with Gasteiger partial charge < -0.3 is 19.1 Å². The maximum atomic E-state index is 13.6. The quantitative estimate of drug-likeness (QED) is 0.216. The minimum atomic E-state index is -0.0168. The number of carbonyl (C=O) groups excluding carboxylic acids is 1. The van der Waals surface area contributed by atoms with Crippen LogP contribution < -0.4 is 14.2 Å². The highest BCUT2D eigenvalue weighted by molar-refractivity contribution is 5.98. The second-order valence-electron chi connectivity index (χ2n) is 10.6. The molecule has 0 bridgehead atoms. The SMILES string of the molecule is COc1cccc(C(=O)N2CCCCC2CCOc2cccc(CN(C)Cc3cccc4cccnc34)c2)c1OC. The number of ether oxygens (including phenoxy) is 3. The van der Waals surface area contributed by atoms with Crippen LogP contribution in [0.1, 0.15) is 47.2 Å². The van der Waals surface area contributed by atoms with Crippen molar-refractivity contribution in [2.24, 2.45) is 0 Å². The molecule has 4 aromatic rings. The number of fused-ring (bicyclic) bond motifs is 1. The topological polar surface area (TPSA) is 64.1 Å². The maximum absolute atomic E-state index is 13.6. The lowest BCUT2D eigenvalue weighted by atomic mass is 9.98. The molecule has 1 atom stereocenters. The van der Waals surface area contributed by atoms with Crippen LogP contribution in [0.25, 0.3) is 10.9 Å². The van der Waals surface area contributed by atoms with Crippen LogP contribution in [0.3, 0.4) is 0 Å². The molecule has 0 spiro atoms. The van der Waals surface area contributed by atoms with Crippen molar-refractivity contribution in [2.45, 2.75) is 44.8 Å². The van der Waals surface area contributed by atoms with E-state index in [0.29, 0.717) is 23.7 Å². The number of carbonyl (C=O) groups is 1. The molecule has 3 aromatic carbocycles. The van der Waals surface area contributed by atoms with Crippen LogP contribution in [0.2, 0.25) is 0 Å². The number of aromatic nitrogens is 1. The van der Waals surface area contributed by atoms with E-state index in [1.807, 2.05) is 47.5 Å². The number of amides is 1. The Morgan fingerprint density at radius 1 is 0.976 bits per heavy atom. The molecule has 0 aliphatic carbocycles. The Hall–Kier alpha value is -4.10. The first kappa shape index (κ1) is 28.4. The minimum absolute atomic E-state index is 0.0168. The van der Waals surface area contributed by atoms with Crippen LogP contribution in [0.15, 0.2) is 79.0 Å². The van der Waals surface area contributed by atoms with Crippen molar-refractivity contribution in [3.63, 3.8) is 0 Å². The molecule has 1 saturated heterocycles. The van der Waals surface area contributed by atoms with Crippen molar-refractivity contribution in [3.8, 4) is 17.2 Å². The molecule has 0 N–H and O–H groups in total. The summed E-state index contributed by atoms with van der Waals surface area (Å²) in [6.07, 6.45) is 5.70. The molecule has 1 aromatic heterocycles. The van der Waals surface area contributed by atoms with E-state index in [1.54, 1.807) is 14.2 Å². The summed E-state index contributed by atoms with van der Waals surface area (Å²) in [4.78, 5) is 22.5. The van der Waals surface area contributed by atoms with Crippen LogP contribution in [0.5, 0.6) is 17.2 Å². The van der Waals surface area contributed by atoms with Gasteiger partial charge in [0.2, 0.25) is 0 Å². The van der Waals surface area contributed by atoms with E-state index in [4.69, 9.17) is 14.2 Å². The Bertz CT molecular complexity index is 1470. The first-order valence-corrected chi connectivity index (χ1v) is 14.3. The van der Waals surface area contributed by atoms with Crippen molar-refractivity contribution in [3.05, 3.63) is 95.7 Å². The molecule has 1 aliphatic heterocycles. The van der Waals surface area contributed by atoms with Gasteiger partial charge in [0.15, 0.2) is 11.5 Å². The van der Waals surface area contributed by atoms with E-state index in [9.17, 15) is 4.79 Å². The van der Waals surface area contributed by atoms with Crippen LogP contribution in [-0.4, -0.2) is 61.2 Å². The van der Waals surface area contributed by atoms with Gasteiger partial charge in [-0.3, -0.25) is 14.7 Å². The van der Waals surface area contributed by atoms with Crippen molar-refractivity contribution in [1.82, 2.24) is 14.8 Å². The molecule has 1 unspecified atom stereocenters. The average molecular weight is 554 g/mol. The Kier molecular flexibility index (Phi) is 9.36. The van der Waals surface area contributed by atoms with E-state index in [1.165, 1.54) is 11.1 Å². The van der Waals surface area contributed by atoms with Gasteiger partial charge in [-0.15, -0.1) is 0 Å². The highest BCUT2D eigenvalue weighted by Crippen LogP contribution is 2.33. The highest BCUT2D eigenvalue weighted by atomic mass is 16.5. The fourth-order valence-electron chi connectivity index (χ4n) is 5.78. The van der Waals surface area contributed by atoms with Crippen molar-refractivity contribution in [2.75, 3.05) is 34.4 Å². The third kappa shape index (κ3) is 6.80. The molecule has 1 amide bonds. The summed E-state index contributed by atoms with van der Waals surface area (Å²) < 4.78 is 17.2. The molecule has 214 valence electrons. The maximum Gasteiger partial charge on any atom is 0.258 e. The zero-order valence-corrected chi connectivity index (χ0v) is 24.2. The number of hydrogen-bond acceptors (Lipinski definition) is 6. The first-order valence-electron chi connectivity index (χ1n) is 14.3. The zero-order chi connectivity index (χ0) is 28.6. The number of pyridine rings is 1. The first-order chi connectivity index (χ1) is 20.1. The molecular weight excluding hydrogens is 514 g/mol. The molecule has 0 radical (unpaired) electrons. The van der Waals surface area contributed by atoms with E-state index >= 15 is 0 Å². The summed E-state index contributed by atoms with van der Waals surface area (Å²) in [7, 11) is 5.28. The molecule has 0 saturated carbocycles. The third-order valence-electron chi connectivity index (χ3n) is 7.75. The molecule has 1 fully saturated rings. The minimum Gasteiger partial charge on any atom is -0.494 e. The Morgan fingerprint density at radius 2 is 1.80 bits per heavy atom. The van der Waals surface area contributed by atoms with E-state index < -0.39 is 0 Å². The molecule has 1 aliphatic rings. The zero-order valence-electron chi connectivity index (χ0n) is 24.2. The summed E-state index contributed by atoms with van der Waals surface area (Å²) in [5, 5.41) is 1.16. The fourth-order valence-corrected chi connectivity index (χ4v) is 5.78. The predicted molar refractivity (Wildman–Crippen MR) is 162 cm³/mol. The Labute approximate surface area is 242 Å². The van der Waals surface area contributed by atoms with Crippen LogP contribution >= 0.6 is 0 Å². The van der Waals surface area contributed by atoms with Gasteiger partial charge in [0.1, 0.15) is 5.75 Å². The largest absolute Gasteiger partial charge is 0.494 e. The molecule has 7 heteroatoms. The predicted octanol–water partition coefficient (Wildman–Crippen LogP) is 6.35. The van der Waals surface area contributed by atoms with Crippen molar-refractivity contribution in [1.29, 1.82) is 0 Å². The van der Waals surface area contributed by atoms with Crippen LogP contribution in [0, 0.1) is 0 Å². The van der Waals surface area contributed by atoms with Gasteiger partial charge in [-0.1, -0.05) is 42.5 Å². The van der Waals surface area contributed by atoms with E-state index in [2.05, 4.69) is 53.3 Å². The normalized spacial score (nSPS) is 15.2.